The first kappa shape index (κ1) is 25.1. The van der Waals surface area contributed by atoms with Gasteiger partial charge in [0.2, 0.25) is 0 Å². The van der Waals surface area contributed by atoms with Crippen molar-refractivity contribution in [2.75, 3.05) is 0 Å². The lowest BCUT2D eigenvalue weighted by Gasteiger charge is -2.00. The molecule has 0 saturated carbocycles. The van der Waals surface area contributed by atoms with Crippen molar-refractivity contribution in [3.05, 3.63) is 131 Å². The summed E-state index contributed by atoms with van der Waals surface area (Å²) >= 11 is 0. The Morgan fingerprint density at radius 2 is 1.09 bits per heavy atom. The summed E-state index contributed by atoms with van der Waals surface area (Å²) in [5.74, 6) is -0.961. The van der Waals surface area contributed by atoms with Crippen molar-refractivity contribution in [3.63, 3.8) is 0 Å². The molecule has 4 rings (SSSR count). The summed E-state index contributed by atoms with van der Waals surface area (Å²) in [6.45, 7) is 0. The van der Waals surface area contributed by atoms with Gasteiger partial charge in [-0.2, -0.15) is 0 Å². The minimum absolute atomic E-state index is 0.100. The van der Waals surface area contributed by atoms with E-state index >= 15 is 0 Å². The van der Waals surface area contributed by atoms with Crippen molar-refractivity contribution >= 4 is 30.3 Å². The molecule has 4 aromatic carbocycles. The van der Waals surface area contributed by atoms with Crippen LogP contribution in [-0.2, 0) is 11.2 Å². The maximum atomic E-state index is 10.6. The van der Waals surface area contributed by atoms with E-state index in [1.807, 2.05) is 103 Å². The van der Waals surface area contributed by atoms with Crippen molar-refractivity contribution in [3.8, 4) is 11.5 Å². The predicted molar refractivity (Wildman–Crippen MR) is 143 cm³/mol. The highest BCUT2D eigenvalue weighted by atomic mass is 16.4. The molecule has 0 aliphatic carbocycles. The number of hydrogen-bond acceptors (Lipinski definition) is 3. The number of carbonyl (C=O) groups is 1. The summed E-state index contributed by atoms with van der Waals surface area (Å²) < 4.78 is 0. The maximum Gasteiger partial charge on any atom is 0.303 e. The molecule has 4 nitrogen and oxygen atoms in total. The number of rotatable bonds is 7. The monoisotopic (exact) mass is 464 g/mol. The molecular weight excluding hydrogens is 436 g/mol. The predicted octanol–water partition coefficient (Wildman–Crippen LogP) is 7.14. The van der Waals surface area contributed by atoms with Gasteiger partial charge in [0.1, 0.15) is 0 Å². The Bertz CT molecular complexity index is 1280. The molecule has 4 aromatic rings. The summed E-state index contributed by atoms with van der Waals surface area (Å²) in [5.41, 5.74) is 5.23. The summed E-state index contributed by atoms with van der Waals surface area (Å²) in [6.07, 6.45) is 8.67. The maximum absolute atomic E-state index is 10.6. The Kier molecular flexibility index (Phi) is 9.46. The van der Waals surface area contributed by atoms with Crippen molar-refractivity contribution in [1.82, 2.24) is 0 Å². The van der Waals surface area contributed by atoms with Gasteiger partial charge in [-0.05, 0) is 46.4 Å². The van der Waals surface area contributed by atoms with Crippen LogP contribution in [0.4, 0.5) is 0 Å². The minimum Gasteiger partial charge on any atom is -0.504 e. The fourth-order valence-corrected chi connectivity index (χ4v) is 3.26. The van der Waals surface area contributed by atoms with Crippen LogP contribution in [-0.4, -0.2) is 21.3 Å². The first-order valence-electron chi connectivity index (χ1n) is 11.3. The largest absolute Gasteiger partial charge is 0.504 e. The van der Waals surface area contributed by atoms with Crippen LogP contribution in [0.15, 0.2) is 103 Å². The average molecular weight is 465 g/mol. The van der Waals surface area contributed by atoms with Gasteiger partial charge in [-0.1, -0.05) is 115 Å². The second kappa shape index (κ2) is 13.2. The molecule has 0 amide bonds. The molecular formula is C31H28O4. The molecule has 4 heteroatoms. The van der Waals surface area contributed by atoms with Gasteiger partial charge in [0.15, 0.2) is 11.5 Å². The minimum atomic E-state index is -0.759. The highest BCUT2D eigenvalue weighted by Gasteiger charge is 1.99. The van der Waals surface area contributed by atoms with E-state index < -0.39 is 5.97 Å². The average Bonchev–Trinajstić information content (AvgIpc) is 2.89. The van der Waals surface area contributed by atoms with Crippen LogP contribution in [0, 0.1) is 0 Å². The van der Waals surface area contributed by atoms with Crippen molar-refractivity contribution in [2.45, 2.75) is 12.8 Å². The van der Waals surface area contributed by atoms with Crippen LogP contribution in [0.5, 0.6) is 11.5 Å². The number of aryl methyl sites for hydroxylation is 1. The van der Waals surface area contributed by atoms with Gasteiger partial charge in [0, 0.05) is 6.42 Å². The number of carboxylic acids is 1. The fourth-order valence-electron chi connectivity index (χ4n) is 3.26. The highest BCUT2D eigenvalue weighted by molar-refractivity contribution is 5.71. The first-order chi connectivity index (χ1) is 17.0. The third-order valence-electron chi connectivity index (χ3n) is 5.11. The van der Waals surface area contributed by atoms with E-state index in [1.165, 1.54) is 12.1 Å². The molecule has 0 aliphatic rings. The van der Waals surface area contributed by atoms with E-state index in [0.717, 1.165) is 27.8 Å². The van der Waals surface area contributed by atoms with Crippen LogP contribution in [0.1, 0.15) is 34.2 Å². The summed E-state index contributed by atoms with van der Waals surface area (Å²) in [7, 11) is 0. The number of phenolic OH excluding ortho intramolecular Hbond substituents is 2. The van der Waals surface area contributed by atoms with Crippen LogP contribution in [0.2, 0.25) is 0 Å². The SMILES string of the molecule is O=C(O)CCc1cccc(C=Cc2ccccc2)c1.Oc1ccc(C=Cc2ccccc2)cc1O. The Morgan fingerprint density at radius 1 is 0.571 bits per heavy atom. The third-order valence-corrected chi connectivity index (χ3v) is 5.11. The van der Waals surface area contributed by atoms with E-state index in [0.29, 0.717) is 6.42 Å². The zero-order chi connectivity index (χ0) is 24.9. The molecule has 0 fully saturated rings. The van der Waals surface area contributed by atoms with E-state index in [2.05, 4.69) is 6.08 Å². The van der Waals surface area contributed by atoms with Gasteiger partial charge in [-0.3, -0.25) is 4.79 Å². The van der Waals surface area contributed by atoms with Gasteiger partial charge >= 0.3 is 5.97 Å². The van der Waals surface area contributed by atoms with Gasteiger partial charge in [0.05, 0.1) is 0 Å². The zero-order valence-electron chi connectivity index (χ0n) is 19.3. The van der Waals surface area contributed by atoms with Crippen molar-refractivity contribution < 1.29 is 20.1 Å². The molecule has 0 aromatic heterocycles. The Hall–Kier alpha value is -4.57. The number of phenols is 2. The highest BCUT2D eigenvalue weighted by Crippen LogP contribution is 2.25. The molecule has 0 unspecified atom stereocenters. The fraction of sp³-hybridized carbons (Fsp3) is 0.0645. The molecule has 0 spiro atoms. The van der Waals surface area contributed by atoms with Gasteiger partial charge in [0.25, 0.3) is 0 Å². The molecule has 0 saturated heterocycles. The molecule has 3 N–H and O–H groups in total. The summed E-state index contributed by atoms with van der Waals surface area (Å²) in [4.78, 5) is 10.6. The lowest BCUT2D eigenvalue weighted by Crippen LogP contribution is -1.97. The molecule has 0 atom stereocenters. The van der Waals surface area contributed by atoms with E-state index in [4.69, 9.17) is 10.2 Å². The number of carboxylic acid groups (broad SMARTS) is 1. The van der Waals surface area contributed by atoms with Crippen LogP contribution >= 0.6 is 0 Å². The van der Waals surface area contributed by atoms with Crippen LogP contribution in [0.25, 0.3) is 24.3 Å². The lowest BCUT2D eigenvalue weighted by atomic mass is 10.1. The molecule has 0 aliphatic heterocycles. The smallest absolute Gasteiger partial charge is 0.303 e. The normalized spacial score (nSPS) is 10.7. The number of benzene rings is 4. The lowest BCUT2D eigenvalue weighted by molar-refractivity contribution is -0.136. The molecule has 0 bridgehead atoms. The molecule has 0 radical (unpaired) electrons. The van der Waals surface area contributed by atoms with Crippen molar-refractivity contribution in [2.24, 2.45) is 0 Å². The second-order valence-electron chi connectivity index (χ2n) is 7.87. The number of hydrogen-bond donors (Lipinski definition) is 3. The Balaban J connectivity index is 0.000000198. The Labute approximate surface area is 205 Å². The van der Waals surface area contributed by atoms with E-state index in [9.17, 15) is 9.90 Å². The van der Waals surface area contributed by atoms with Gasteiger partial charge < -0.3 is 15.3 Å². The Morgan fingerprint density at radius 3 is 1.63 bits per heavy atom. The van der Waals surface area contributed by atoms with Gasteiger partial charge in [-0.15, -0.1) is 0 Å². The molecule has 0 heterocycles. The first-order valence-corrected chi connectivity index (χ1v) is 11.3. The topological polar surface area (TPSA) is 77.8 Å². The summed E-state index contributed by atoms with van der Waals surface area (Å²) in [6, 6.07) is 32.7. The second-order valence-corrected chi connectivity index (χ2v) is 7.87. The molecule has 35 heavy (non-hydrogen) atoms. The summed E-state index contributed by atoms with van der Waals surface area (Å²) in [5, 5.41) is 27.2. The standard InChI is InChI=1S/C17H16O2.C14H12O2/c18-17(19)12-11-16-8-4-7-15(13-16)10-9-14-5-2-1-3-6-14;15-13-9-8-12(10-14(13)16)7-6-11-4-2-1-3-5-11/h1-10,13H,11-12H2,(H,18,19);1-10,15-16H. The molecule has 176 valence electrons. The van der Waals surface area contributed by atoms with E-state index in [-0.39, 0.29) is 17.9 Å². The number of aliphatic carboxylic acids is 1. The van der Waals surface area contributed by atoms with Crippen LogP contribution in [0.3, 0.4) is 0 Å². The van der Waals surface area contributed by atoms with Gasteiger partial charge in [-0.25, -0.2) is 0 Å². The van der Waals surface area contributed by atoms with Crippen molar-refractivity contribution in [1.29, 1.82) is 0 Å². The number of aromatic hydroxyl groups is 2. The third kappa shape index (κ3) is 9.06. The zero-order valence-corrected chi connectivity index (χ0v) is 19.3. The van der Waals surface area contributed by atoms with Crippen LogP contribution < -0.4 is 0 Å². The van der Waals surface area contributed by atoms with E-state index in [1.54, 1.807) is 6.07 Å². The quantitative estimate of drug-likeness (QED) is 0.201.